The first-order valence-electron chi connectivity index (χ1n) is 8.01. The van der Waals surface area contributed by atoms with E-state index >= 15 is 0 Å². The number of amides is 1. The van der Waals surface area contributed by atoms with Gasteiger partial charge in [0.1, 0.15) is 6.26 Å². The Morgan fingerprint density at radius 1 is 1.43 bits per heavy atom. The molecule has 1 aliphatic rings. The number of rotatable bonds is 3. The third-order valence-electron chi connectivity index (χ3n) is 4.59. The minimum Gasteiger partial charge on any atom is -0.448 e. The van der Waals surface area contributed by atoms with Crippen LogP contribution in [0.15, 0.2) is 23.1 Å². The maximum atomic E-state index is 12.7. The molecular formula is C17H24N4O2. The van der Waals surface area contributed by atoms with Crippen LogP contribution in [-0.4, -0.2) is 38.7 Å². The van der Waals surface area contributed by atoms with Crippen molar-refractivity contribution in [2.75, 3.05) is 13.1 Å². The third kappa shape index (κ3) is 2.90. The van der Waals surface area contributed by atoms with Crippen molar-refractivity contribution in [3.63, 3.8) is 0 Å². The number of hydrogen-bond acceptors (Lipinski definition) is 4. The number of carbonyl (C=O) groups excluding carboxylic acids is 1. The first-order chi connectivity index (χ1) is 10.8. The number of likely N-dealkylation sites (tertiary alicyclic amines) is 1. The molecule has 0 spiro atoms. The molecule has 23 heavy (non-hydrogen) atoms. The van der Waals surface area contributed by atoms with Crippen LogP contribution in [-0.2, 0) is 7.05 Å². The van der Waals surface area contributed by atoms with Crippen LogP contribution in [0.25, 0.3) is 0 Å². The number of hydrogen-bond donors (Lipinski definition) is 0. The lowest BCUT2D eigenvalue weighted by Gasteiger charge is -2.24. The molecule has 1 fully saturated rings. The normalized spacial score (nSPS) is 20.4. The number of nitrogens with zero attached hydrogens (tertiary/aromatic N) is 4. The van der Waals surface area contributed by atoms with Gasteiger partial charge in [-0.2, -0.15) is 5.10 Å². The quantitative estimate of drug-likeness (QED) is 0.873. The highest BCUT2D eigenvalue weighted by Gasteiger charge is 2.43. The number of oxazole rings is 1. The van der Waals surface area contributed by atoms with Gasteiger partial charge < -0.3 is 9.32 Å². The summed E-state index contributed by atoms with van der Waals surface area (Å²) in [5.41, 5.74) is 1.58. The fourth-order valence-electron chi connectivity index (χ4n) is 3.28. The Balaban J connectivity index is 1.80. The van der Waals surface area contributed by atoms with Gasteiger partial charge in [-0.25, -0.2) is 4.98 Å². The molecule has 1 unspecified atom stereocenters. The number of carbonyl (C=O) groups is 1. The van der Waals surface area contributed by atoms with Gasteiger partial charge in [-0.05, 0) is 11.0 Å². The fraction of sp³-hybridized carbons (Fsp3) is 0.588. The van der Waals surface area contributed by atoms with Crippen LogP contribution < -0.4 is 0 Å². The molecule has 1 amide bonds. The Labute approximate surface area is 136 Å². The van der Waals surface area contributed by atoms with E-state index in [2.05, 4.69) is 23.9 Å². The topological polar surface area (TPSA) is 64.2 Å². The molecule has 6 nitrogen and oxygen atoms in total. The zero-order valence-corrected chi connectivity index (χ0v) is 14.4. The van der Waals surface area contributed by atoms with E-state index in [1.807, 2.05) is 42.9 Å². The van der Waals surface area contributed by atoms with Gasteiger partial charge in [0.15, 0.2) is 11.6 Å². The van der Waals surface area contributed by atoms with E-state index in [0.717, 1.165) is 0 Å². The van der Waals surface area contributed by atoms with Gasteiger partial charge in [0.25, 0.3) is 5.91 Å². The molecule has 0 radical (unpaired) electrons. The lowest BCUT2D eigenvalue weighted by Crippen LogP contribution is -2.30. The minimum absolute atomic E-state index is 0.00328. The van der Waals surface area contributed by atoms with E-state index in [1.165, 1.54) is 11.8 Å². The number of aryl methyl sites for hydroxylation is 1. The van der Waals surface area contributed by atoms with Crippen LogP contribution in [0.4, 0.5) is 0 Å². The molecule has 124 valence electrons. The summed E-state index contributed by atoms with van der Waals surface area (Å²) in [6, 6.07) is 0. The third-order valence-corrected chi connectivity index (χ3v) is 4.59. The molecule has 1 aliphatic heterocycles. The van der Waals surface area contributed by atoms with Gasteiger partial charge in [0.2, 0.25) is 0 Å². The van der Waals surface area contributed by atoms with Gasteiger partial charge in [0.05, 0.1) is 6.20 Å². The van der Waals surface area contributed by atoms with Crippen LogP contribution in [0.1, 0.15) is 61.5 Å². The van der Waals surface area contributed by atoms with Crippen molar-refractivity contribution >= 4 is 5.91 Å². The summed E-state index contributed by atoms with van der Waals surface area (Å²) < 4.78 is 7.21. The molecule has 6 heteroatoms. The highest BCUT2D eigenvalue weighted by atomic mass is 16.3. The molecule has 1 atom stereocenters. The predicted octanol–water partition coefficient (Wildman–Crippen LogP) is 2.80. The van der Waals surface area contributed by atoms with Crippen molar-refractivity contribution in [3.05, 3.63) is 35.8 Å². The lowest BCUT2D eigenvalue weighted by molar-refractivity contribution is 0.0772. The number of aromatic nitrogens is 3. The second kappa shape index (κ2) is 5.51. The van der Waals surface area contributed by atoms with Crippen molar-refractivity contribution in [1.29, 1.82) is 0 Å². The molecule has 1 saturated heterocycles. The Morgan fingerprint density at radius 3 is 2.74 bits per heavy atom. The van der Waals surface area contributed by atoms with E-state index < -0.39 is 0 Å². The first-order valence-corrected chi connectivity index (χ1v) is 8.01. The van der Waals surface area contributed by atoms with Crippen molar-refractivity contribution in [2.24, 2.45) is 12.5 Å². The van der Waals surface area contributed by atoms with Crippen molar-refractivity contribution in [2.45, 2.75) is 39.5 Å². The summed E-state index contributed by atoms with van der Waals surface area (Å²) in [6.07, 6.45) is 5.41. The van der Waals surface area contributed by atoms with E-state index in [1.54, 1.807) is 0 Å². The van der Waals surface area contributed by atoms with Crippen LogP contribution in [0.3, 0.4) is 0 Å². The summed E-state index contributed by atoms with van der Waals surface area (Å²) in [5, 5.41) is 4.26. The van der Waals surface area contributed by atoms with Crippen molar-refractivity contribution in [1.82, 2.24) is 19.7 Å². The average molecular weight is 316 g/mol. The highest BCUT2D eigenvalue weighted by Crippen LogP contribution is 2.42. The zero-order valence-electron chi connectivity index (χ0n) is 14.4. The molecule has 0 aromatic carbocycles. The highest BCUT2D eigenvalue weighted by molar-refractivity contribution is 5.92. The van der Waals surface area contributed by atoms with Gasteiger partial charge in [0, 0.05) is 38.2 Å². The molecule has 0 saturated carbocycles. The molecule has 2 aromatic heterocycles. The predicted molar refractivity (Wildman–Crippen MR) is 86.2 cm³/mol. The van der Waals surface area contributed by atoms with Gasteiger partial charge >= 0.3 is 0 Å². The Bertz CT molecular complexity index is 714. The lowest BCUT2D eigenvalue weighted by atomic mass is 9.79. The summed E-state index contributed by atoms with van der Waals surface area (Å²) in [5.74, 6) is 1.00. The summed E-state index contributed by atoms with van der Waals surface area (Å²) in [4.78, 5) is 18.9. The first kappa shape index (κ1) is 15.8. The van der Waals surface area contributed by atoms with Gasteiger partial charge in [-0.15, -0.1) is 0 Å². The maximum Gasteiger partial charge on any atom is 0.275 e. The second-order valence-corrected chi connectivity index (χ2v) is 7.40. The zero-order chi connectivity index (χ0) is 16.8. The van der Waals surface area contributed by atoms with E-state index in [4.69, 9.17) is 4.42 Å². The molecular weight excluding hydrogens is 292 g/mol. The van der Waals surface area contributed by atoms with E-state index in [9.17, 15) is 4.79 Å². The Morgan fingerprint density at radius 2 is 2.17 bits per heavy atom. The molecule has 3 heterocycles. The SMILES string of the molecule is CC(C)c1nc(C(=O)N2CC(c3cnn(C)c3)C(C)(C)C2)co1. The molecule has 0 aliphatic carbocycles. The van der Waals surface area contributed by atoms with E-state index in [-0.39, 0.29) is 23.2 Å². The smallest absolute Gasteiger partial charge is 0.275 e. The summed E-state index contributed by atoms with van der Waals surface area (Å²) in [6.45, 7) is 9.77. The van der Waals surface area contributed by atoms with Gasteiger partial charge in [-0.3, -0.25) is 9.48 Å². The maximum absolute atomic E-state index is 12.7. The Kier molecular flexibility index (Phi) is 3.78. The Hall–Kier alpha value is -2.11. The monoisotopic (exact) mass is 316 g/mol. The molecule has 0 bridgehead atoms. The average Bonchev–Trinajstić information content (AvgIpc) is 3.16. The fourth-order valence-corrected chi connectivity index (χ4v) is 3.28. The van der Waals surface area contributed by atoms with Crippen molar-refractivity contribution in [3.8, 4) is 0 Å². The summed E-state index contributed by atoms with van der Waals surface area (Å²) >= 11 is 0. The van der Waals surface area contributed by atoms with Crippen LogP contribution >= 0.6 is 0 Å². The molecule has 2 aromatic rings. The van der Waals surface area contributed by atoms with Gasteiger partial charge in [-0.1, -0.05) is 27.7 Å². The minimum atomic E-state index is -0.0554. The van der Waals surface area contributed by atoms with E-state index in [0.29, 0.717) is 24.7 Å². The van der Waals surface area contributed by atoms with Crippen molar-refractivity contribution < 1.29 is 9.21 Å². The van der Waals surface area contributed by atoms with Crippen LogP contribution in [0.5, 0.6) is 0 Å². The second-order valence-electron chi connectivity index (χ2n) is 7.40. The molecule has 0 N–H and O–H groups in total. The summed E-state index contributed by atoms with van der Waals surface area (Å²) in [7, 11) is 1.91. The molecule has 3 rings (SSSR count). The van der Waals surface area contributed by atoms with Crippen LogP contribution in [0.2, 0.25) is 0 Å². The largest absolute Gasteiger partial charge is 0.448 e. The standard InChI is InChI=1S/C17H24N4O2/c1-11(2)15-19-14(9-23-15)16(22)21-8-13(17(3,4)10-21)12-6-18-20(5)7-12/h6-7,9,11,13H,8,10H2,1-5H3. The van der Waals surface area contributed by atoms with Crippen LogP contribution in [0, 0.1) is 5.41 Å².